The number of carbonyl (C=O) groups excluding carboxylic acids is 1. The molecule has 1 aliphatic carbocycles. The van der Waals surface area contributed by atoms with E-state index in [-0.39, 0.29) is 31.1 Å². The summed E-state index contributed by atoms with van der Waals surface area (Å²) in [6.07, 6.45) is 5.50. The van der Waals surface area contributed by atoms with Crippen LogP contribution in [0.5, 0.6) is 11.5 Å². The van der Waals surface area contributed by atoms with Gasteiger partial charge >= 0.3 is 0 Å². The van der Waals surface area contributed by atoms with Crippen LogP contribution in [-0.4, -0.2) is 61.7 Å². The van der Waals surface area contributed by atoms with Gasteiger partial charge in [-0.15, -0.1) is 0 Å². The molecular weight excluding hydrogens is 572 g/mol. The van der Waals surface area contributed by atoms with Crippen LogP contribution < -0.4 is 15.0 Å². The van der Waals surface area contributed by atoms with Gasteiger partial charge in [0.1, 0.15) is 41.4 Å². The van der Waals surface area contributed by atoms with E-state index in [0.29, 0.717) is 37.7 Å². The molecular formula is C32H35F2N5O5. The van der Waals surface area contributed by atoms with Crippen LogP contribution in [0.3, 0.4) is 0 Å². The highest BCUT2D eigenvalue weighted by Gasteiger charge is 2.40. The van der Waals surface area contributed by atoms with Crippen molar-refractivity contribution in [2.75, 3.05) is 19.8 Å². The first-order valence-electron chi connectivity index (χ1n) is 14.4. The second-order valence-electron chi connectivity index (χ2n) is 10.9. The van der Waals surface area contributed by atoms with Crippen molar-refractivity contribution >= 4 is 5.91 Å². The van der Waals surface area contributed by atoms with Crippen LogP contribution in [0.4, 0.5) is 8.78 Å². The van der Waals surface area contributed by atoms with Gasteiger partial charge in [-0.05, 0) is 54.3 Å². The summed E-state index contributed by atoms with van der Waals surface area (Å²) >= 11 is 0. The first-order chi connectivity index (χ1) is 21.3. The maximum absolute atomic E-state index is 14.9. The number of rotatable bonds is 16. The number of hydroxylamine groups is 1. The Hall–Kier alpha value is -4.39. The fourth-order valence-electron chi connectivity index (χ4n) is 5.05. The fourth-order valence-corrected chi connectivity index (χ4v) is 5.05. The smallest absolute Gasteiger partial charge is 0.247 e. The van der Waals surface area contributed by atoms with E-state index in [4.69, 9.17) is 14.7 Å². The quantitative estimate of drug-likeness (QED) is 0.0993. The van der Waals surface area contributed by atoms with E-state index < -0.39 is 23.1 Å². The van der Waals surface area contributed by atoms with Gasteiger partial charge in [-0.2, -0.15) is 5.10 Å². The third-order valence-electron chi connectivity index (χ3n) is 7.40. The molecule has 44 heavy (non-hydrogen) atoms. The zero-order valence-corrected chi connectivity index (χ0v) is 24.1. The number of halogens is 2. The van der Waals surface area contributed by atoms with Crippen molar-refractivity contribution in [1.29, 1.82) is 0 Å². The molecule has 232 valence electrons. The second kappa shape index (κ2) is 14.4. The molecule has 1 saturated carbocycles. The first-order valence-corrected chi connectivity index (χ1v) is 14.4. The van der Waals surface area contributed by atoms with Gasteiger partial charge in [0, 0.05) is 37.2 Å². The summed E-state index contributed by atoms with van der Waals surface area (Å²) in [4.78, 5) is 17.3. The fraction of sp³-hybridized carbons (Fsp3) is 0.344. The number of ether oxygens (including phenoxy) is 2. The summed E-state index contributed by atoms with van der Waals surface area (Å²) in [6, 6.07) is 18.3. The van der Waals surface area contributed by atoms with Crippen molar-refractivity contribution in [3.05, 3.63) is 108 Å². The third kappa shape index (κ3) is 8.59. The van der Waals surface area contributed by atoms with Crippen LogP contribution in [0.15, 0.2) is 79.4 Å². The summed E-state index contributed by atoms with van der Waals surface area (Å²) in [5, 5.41) is 24.5. The third-order valence-corrected chi connectivity index (χ3v) is 7.40. The number of aliphatic hydroxyl groups is 1. The van der Waals surface area contributed by atoms with Gasteiger partial charge in [-0.1, -0.05) is 30.3 Å². The Bertz CT molecular complexity index is 1500. The average Bonchev–Trinajstić information content (AvgIpc) is 3.74. The zero-order chi connectivity index (χ0) is 30.9. The Kier molecular flexibility index (Phi) is 10.2. The number of carbonyl (C=O) groups is 1. The Balaban J connectivity index is 1.13. The van der Waals surface area contributed by atoms with Gasteiger partial charge < -0.3 is 14.6 Å². The number of nitrogens with zero attached hydrogens (tertiary/aromatic N) is 4. The van der Waals surface area contributed by atoms with Crippen molar-refractivity contribution in [3.63, 3.8) is 0 Å². The molecule has 1 fully saturated rings. The number of benzene rings is 3. The van der Waals surface area contributed by atoms with Crippen LogP contribution in [0.2, 0.25) is 0 Å². The number of hydrogen-bond acceptors (Lipinski definition) is 8. The minimum Gasteiger partial charge on any atom is -0.493 e. The molecule has 1 heterocycles. The lowest BCUT2D eigenvalue weighted by molar-refractivity contribution is -0.128. The number of amides is 1. The van der Waals surface area contributed by atoms with Crippen molar-refractivity contribution in [2.45, 2.75) is 50.4 Å². The minimum absolute atomic E-state index is 0.0110. The molecule has 0 aliphatic heterocycles. The number of nitrogens with one attached hydrogen (secondary N) is 1. The predicted molar refractivity (Wildman–Crippen MR) is 156 cm³/mol. The molecule has 1 aliphatic rings. The van der Waals surface area contributed by atoms with E-state index in [1.165, 1.54) is 23.4 Å². The van der Waals surface area contributed by atoms with E-state index >= 15 is 0 Å². The van der Waals surface area contributed by atoms with Gasteiger partial charge in [-0.25, -0.2) is 23.9 Å². The van der Waals surface area contributed by atoms with E-state index in [0.717, 1.165) is 36.1 Å². The van der Waals surface area contributed by atoms with E-state index in [1.54, 1.807) is 29.7 Å². The molecule has 0 spiro atoms. The number of aromatic nitrogens is 3. The van der Waals surface area contributed by atoms with Gasteiger partial charge in [0.2, 0.25) is 5.91 Å². The van der Waals surface area contributed by atoms with Crippen molar-refractivity contribution in [3.8, 4) is 11.5 Å². The summed E-state index contributed by atoms with van der Waals surface area (Å²) in [5.41, 5.74) is 1.73. The molecule has 3 N–H and O–H groups in total. The maximum atomic E-state index is 14.9. The summed E-state index contributed by atoms with van der Waals surface area (Å²) in [6.45, 7) is 1.53. The SMILES string of the molecule is O=C(Cc1ccc(OCCCOc2ccc(CN(CC(O)(Cn3cncn3)c3ccc(F)cc3F)C3CC3)cc2)cc1)NO. The van der Waals surface area contributed by atoms with Gasteiger partial charge in [-0.3, -0.25) is 14.9 Å². The van der Waals surface area contributed by atoms with Gasteiger partial charge in [0.25, 0.3) is 0 Å². The summed E-state index contributed by atoms with van der Waals surface area (Å²) < 4.78 is 41.6. The molecule has 10 nitrogen and oxygen atoms in total. The molecule has 5 rings (SSSR count). The lowest BCUT2D eigenvalue weighted by Gasteiger charge is -2.35. The monoisotopic (exact) mass is 607 g/mol. The molecule has 1 amide bonds. The van der Waals surface area contributed by atoms with Crippen LogP contribution in [0, 0.1) is 11.6 Å². The van der Waals surface area contributed by atoms with Crippen molar-refractivity contribution < 1.29 is 33.4 Å². The average molecular weight is 608 g/mol. The Morgan fingerprint density at radius 1 is 1.00 bits per heavy atom. The molecule has 12 heteroatoms. The Labute approximate surface area is 253 Å². The highest BCUT2D eigenvalue weighted by atomic mass is 19.1. The predicted octanol–water partition coefficient (Wildman–Crippen LogP) is 4.00. The summed E-state index contributed by atoms with van der Waals surface area (Å²) in [7, 11) is 0. The second-order valence-corrected chi connectivity index (χ2v) is 10.9. The van der Waals surface area contributed by atoms with Gasteiger partial charge in [0.15, 0.2) is 0 Å². The zero-order valence-electron chi connectivity index (χ0n) is 24.1. The Morgan fingerprint density at radius 2 is 1.66 bits per heavy atom. The molecule has 3 aromatic carbocycles. The van der Waals surface area contributed by atoms with E-state index in [2.05, 4.69) is 15.0 Å². The summed E-state index contributed by atoms with van der Waals surface area (Å²) in [5.74, 6) is -0.596. The molecule has 0 bridgehead atoms. The molecule has 0 saturated heterocycles. The lowest BCUT2D eigenvalue weighted by atomic mass is 9.92. The van der Waals surface area contributed by atoms with E-state index in [9.17, 15) is 18.7 Å². The molecule has 0 radical (unpaired) electrons. The van der Waals surface area contributed by atoms with Gasteiger partial charge in [0.05, 0.1) is 26.2 Å². The Morgan fingerprint density at radius 3 is 2.23 bits per heavy atom. The van der Waals surface area contributed by atoms with Crippen molar-refractivity contribution in [1.82, 2.24) is 25.1 Å². The topological polar surface area (TPSA) is 122 Å². The standard InChI is InChI=1S/C32H35F2N5O5/c33-25-6-13-29(30(34)17-25)32(41,20-39-22-35-21-36-39)19-38(26-7-8-26)18-24-4-11-28(12-5-24)44-15-1-14-43-27-9-2-23(3-10-27)16-31(40)37-42/h2-6,9-13,17,21-22,26,41-42H,1,7-8,14-16,18-20H2,(H,37,40). The highest BCUT2D eigenvalue weighted by Crippen LogP contribution is 2.34. The number of hydrogen-bond donors (Lipinski definition) is 3. The van der Waals surface area contributed by atoms with Crippen LogP contribution in [-0.2, 0) is 29.9 Å². The normalized spacial score (nSPS) is 14.3. The molecule has 1 unspecified atom stereocenters. The molecule has 1 aromatic heterocycles. The first kappa shape index (κ1) is 31.0. The largest absolute Gasteiger partial charge is 0.493 e. The van der Waals surface area contributed by atoms with Crippen LogP contribution in [0.1, 0.15) is 36.0 Å². The van der Waals surface area contributed by atoms with E-state index in [1.807, 2.05) is 24.3 Å². The van der Waals surface area contributed by atoms with Crippen LogP contribution >= 0.6 is 0 Å². The molecule has 4 aromatic rings. The van der Waals surface area contributed by atoms with Crippen molar-refractivity contribution in [2.24, 2.45) is 0 Å². The molecule has 1 atom stereocenters. The minimum atomic E-state index is -1.67. The highest BCUT2D eigenvalue weighted by molar-refractivity contribution is 5.77. The lowest BCUT2D eigenvalue weighted by Crippen LogP contribution is -2.45. The maximum Gasteiger partial charge on any atom is 0.247 e. The van der Waals surface area contributed by atoms with Crippen LogP contribution in [0.25, 0.3) is 0 Å².